The maximum absolute atomic E-state index is 14.3. The number of rotatable bonds is 5. The zero-order valence-corrected chi connectivity index (χ0v) is 14.3. The van der Waals surface area contributed by atoms with Crippen LogP contribution in [0.15, 0.2) is 42.5 Å². The topological polar surface area (TPSA) is 104 Å². The van der Waals surface area contributed by atoms with Crippen molar-refractivity contribution in [3.8, 4) is 0 Å². The molecule has 0 saturated heterocycles. The smallest absolute Gasteiger partial charge is 0.409 e. The Morgan fingerprint density at radius 3 is 2.46 bits per heavy atom. The second-order valence-corrected chi connectivity index (χ2v) is 6.54. The van der Waals surface area contributed by atoms with Gasteiger partial charge in [-0.15, -0.1) is 0 Å². The average Bonchev–Trinajstić information content (AvgIpc) is 3.29. The fraction of sp³-hybridized carbons (Fsp3) is 0.263. The van der Waals surface area contributed by atoms with E-state index in [0.29, 0.717) is 11.3 Å². The van der Waals surface area contributed by atoms with Crippen molar-refractivity contribution in [2.45, 2.75) is 31.2 Å². The Balaban J connectivity index is 1.69. The first kappa shape index (κ1) is 17.9. The lowest BCUT2D eigenvalue weighted by Crippen LogP contribution is -2.22. The van der Waals surface area contributed by atoms with Crippen molar-refractivity contribution in [2.75, 3.05) is 10.6 Å². The van der Waals surface area contributed by atoms with Crippen molar-refractivity contribution in [1.29, 1.82) is 0 Å². The van der Waals surface area contributed by atoms with Gasteiger partial charge in [-0.1, -0.05) is 13.0 Å². The number of carbonyl (C=O) groups excluding carboxylic acids is 1. The van der Waals surface area contributed by atoms with Gasteiger partial charge in [0.1, 0.15) is 5.82 Å². The Labute approximate surface area is 150 Å². The molecule has 3 rings (SSSR count). The zero-order chi connectivity index (χ0) is 18.9. The molecule has 0 spiro atoms. The second kappa shape index (κ2) is 6.76. The van der Waals surface area contributed by atoms with Crippen molar-refractivity contribution in [3.05, 3.63) is 59.4 Å². The summed E-state index contributed by atoms with van der Waals surface area (Å²) >= 11 is 0. The number of carbonyl (C=O) groups is 2. The summed E-state index contributed by atoms with van der Waals surface area (Å²) in [5, 5.41) is 13.3. The summed E-state index contributed by atoms with van der Waals surface area (Å²) < 4.78 is 14.3. The van der Waals surface area contributed by atoms with E-state index in [1.165, 1.54) is 36.4 Å². The third kappa shape index (κ3) is 3.67. The Morgan fingerprint density at radius 1 is 1.23 bits per heavy atom. The first-order valence-electron chi connectivity index (χ1n) is 8.32. The van der Waals surface area contributed by atoms with Gasteiger partial charge < -0.3 is 16.2 Å². The third-order valence-corrected chi connectivity index (χ3v) is 4.82. The minimum Gasteiger partial charge on any atom is -0.465 e. The predicted molar refractivity (Wildman–Crippen MR) is 97.0 cm³/mol. The van der Waals surface area contributed by atoms with Crippen molar-refractivity contribution in [1.82, 2.24) is 0 Å². The van der Waals surface area contributed by atoms with Crippen LogP contribution in [0.1, 0.15) is 41.6 Å². The molecule has 136 valence electrons. The van der Waals surface area contributed by atoms with Gasteiger partial charge in [-0.3, -0.25) is 10.1 Å². The molecule has 2 aromatic rings. The highest BCUT2D eigenvalue weighted by molar-refractivity contribution is 6.04. The maximum atomic E-state index is 14.3. The van der Waals surface area contributed by atoms with Gasteiger partial charge in [0.05, 0.1) is 5.69 Å². The van der Waals surface area contributed by atoms with E-state index in [1.807, 2.05) is 6.92 Å². The van der Waals surface area contributed by atoms with Crippen LogP contribution in [-0.4, -0.2) is 22.6 Å². The molecular formula is C19H20FN3O3. The number of halogens is 1. The van der Waals surface area contributed by atoms with Crippen LogP contribution in [0.3, 0.4) is 0 Å². The summed E-state index contributed by atoms with van der Waals surface area (Å²) in [7, 11) is 0. The van der Waals surface area contributed by atoms with Crippen LogP contribution >= 0.6 is 0 Å². The first-order chi connectivity index (χ1) is 12.3. The molecule has 1 aliphatic rings. The Bertz CT molecular complexity index is 854. The summed E-state index contributed by atoms with van der Waals surface area (Å²) in [4.78, 5) is 22.8. The summed E-state index contributed by atoms with van der Waals surface area (Å²) in [6.45, 7) is 2.02. The highest BCUT2D eigenvalue weighted by Gasteiger charge is 2.50. The van der Waals surface area contributed by atoms with Crippen molar-refractivity contribution in [2.24, 2.45) is 5.73 Å². The lowest BCUT2D eigenvalue weighted by Gasteiger charge is -2.11. The largest absolute Gasteiger partial charge is 0.465 e. The summed E-state index contributed by atoms with van der Waals surface area (Å²) in [5.41, 5.74) is 7.49. The van der Waals surface area contributed by atoms with Crippen molar-refractivity contribution in [3.63, 3.8) is 0 Å². The van der Waals surface area contributed by atoms with E-state index < -0.39 is 17.8 Å². The molecule has 7 heteroatoms. The Morgan fingerprint density at radius 2 is 1.92 bits per heavy atom. The maximum Gasteiger partial charge on any atom is 0.409 e. The van der Waals surface area contributed by atoms with Gasteiger partial charge in [0.15, 0.2) is 0 Å². The quantitative estimate of drug-likeness (QED) is 0.654. The fourth-order valence-corrected chi connectivity index (χ4v) is 3.03. The summed E-state index contributed by atoms with van der Waals surface area (Å²) in [5.74, 6) is -0.835. The predicted octanol–water partition coefficient (Wildman–Crippen LogP) is 3.76. The number of nitrogens with one attached hydrogen (secondary N) is 2. The molecule has 1 aliphatic carbocycles. The number of carboxylic acid groups (broad SMARTS) is 1. The number of anilines is 2. The van der Waals surface area contributed by atoms with Gasteiger partial charge in [0.2, 0.25) is 0 Å². The van der Waals surface area contributed by atoms with E-state index in [4.69, 9.17) is 10.8 Å². The molecule has 0 heterocycles. The fourth-order valence-electron chi connectivity index (χ4n) is 3.03. The van der Waals surface area contributed by atoms with Crippen LogP contribution in [0.2, 0.25) is 0 Å². The molecule has 1 saturated carbocycles. The summed E-state index contributed by atoms with van der Waals surface area (Å²) in [6, 6.07) is 10.6. The van der Waals surface area contributed by atoms with Crippen LogP contribution in [0.5, 0.6) is 0 Å². The monoisotopic (exact) mass is 357 g/mol. The van der Waals surface area contributed by atoms with E-state index in [9.17, 15) is 14.0 Å². The van der Waals surface area contributed by atoms with Crippen LogP contribution < -0.4 is 16.4 Å². The first-order valence-corrected chi connectivity index (χ1v) is 8.32. The molecule has 2 atom stereocenters. The third-order valence-electron chi connectivity index (χ3n) is 4.82. The minimum absolute atomic E-state index is 0.0891. The van der Waals surface area contributed by atoms with Gasteiger partial charge in [-0.05, 0) is 54.8 Å². The lowest BCUT2D eigenvalue weighted by molar-refractivity contribution is 0.102. The van der Waals surface area contributed by atoms with Crippen LogP contribution in [0.25, 0.3) is 0 Å². The molecule has 0 radical (unpaired) electrons. The Hall–Kier alpha value is -2.93. The standard InChI is InChI=1S/C19H20FN3O3/c1-2-19(21)10-14(19)12-5-8-16(15(20)9-12)23-17(24)11-3-6-13(7-4-11)22-18(25)26/h3-9,14,22H,2,10,21H2,1H3,(H,23,24)(H,25,26). The van der Waals surface area contributed by atoms with E-state index in [1.54, 1.807) is 6.07 Å². The molecule has 0 bridgehead atoms. The number of hydrogen-bond donors (Lipinski definition) is 4. The van der Waals surface area contributed by atoms with Crippen LogP contribution in [0.4, 0.5) is 20.6 Å². The van der Waals surface area contributed by atoms with E-state index in [0.717, 1.165) is 18.4 Å². The van der Waals surface area contributed by atoms with Gasteiger partial charge in [0.25, 0.3) is 5.91 Å². The molecule has 26 heavy (non-hydrogen) atoms. The van der Waals surface area contributed by atoms with Gasteiger partial charge in [-0.25, -0.2) is 9.18 Å². The Kier molecular flexibility index (Phi) is 4.65. The highest BCUT2D eigenvalue weighted by Crippen LogP contribution is 2.51. The molecule has 2 amide bonds. The average molecular weight is 357 g/mol. The minimum atomic E-state index is -1.19. The van der Waals surface area contributed by atoms with Crippen molar-refractivity contribution < 1.29 is 19.1 Å². The zero-order valence-electron chi connectivity index (χ0n) is 14.3. The summed E-state index contributed by atoms with van der Waals surface area (Å²) in [6.07, 6.45) is 0.486. The van der Waals surface area contributed by atoms with Crippen molar-refractivity contribution >= 4 is 23.4 Å². The van der Waals surface area contributed by atoms with Gasteiger partial charge >= 0.3 is 6.09 Å². The number of benzene rings is 2. The second-order valence-electron chi connectivity index (χ2n) is 6.54. The van der Waals surface area contributed by atoms with Crippen LogP contribution in [0, 0.1) is 5.82 Å². The molecule has 1 fully saturated rings. The molecule has 5 N–H and O–H groups in total. The molecule has 0 aromatic heterocycles. The van der Waals surface area contributed by atoms with Gasteiger partial charge in [-0.2, -0.15) is 0 Å². The van der Waals surface area contributed by atoms with E-state index >= 15 is 0 Å². The molecular weight excluding hydrogens is 337 g/mol. The van der Waals surface area contributed by atoms with Crippen LogP contribution in [-0.2, 0) is 0 Å². The molecule has 2 unspecified atom stereocenters. The number of nitrogens with two attached hydrogens (primary N) is 1. The van der Waals surface area contributed by atoms with E-state index in [2.05, 4.69) is 10.6 Å². The highest BCUT2D eigenvalue weighted by atomic mass is 19.1. The van der Waals surface area contributed by atoms with E-state index in [-0.39, 0.29) is 17.1 Å². The SMILES string of the molecule is CCC1(N)CC1c1ccc(NC(=O)c2ccc(NC(=O)O)cc2)c(F)c1. The number of amides is 2. The molecule has 6 nitrogen and oxygen atoms in total. The van der Waals surface area contributed by atoms with Gasteiger partial charge in [0, 0.05) is 22.7 Å². The molecule has 0 aliphatic heterocycles. The normalized spacial score (nSPS) is 21.1. The number of hydrogen-bond acceptors (Lipinski definition) is 3. The molecule has 2 aromatic carbocycles. The lowest BCUT2D eigenvalue weighted by atomic mass is 10.0.